The zero-order chi connectivity index (χ0) is 18.1. The normalized spacial score (nSPS) is 11.7. The van der Waals surface area contributed by atoms with Gasteiger partial charge >= 0.3 is 6.01 Å². The third-order valence-corrected chi connectivity index (χ3v) is 5.50. The minimum absolute atomic E-state index is 0.471. The number of hydrogen-bond acceptors (Lipinski definition) is 5. The van der Waals surface area contributed by atoms with Crippen LogP contribution in [-0.4, -0.2) is 9.97 Å². The van der Waals surface area contributed by atoms with Crippen molar-refractivity contribution in [3.8, 4) is 0 Å². The summed E-state index contributed by atoms with van der Waals surface area (Å²) in [5.74, 6) is 0.471. The van der Waals surface area contributed by atoms with Crippen LogP contribution in [0.25, 0.3) is 21.3 Å². The Balaban J connectivity index is 1.59. The molecule has 0 saturated carbocycles. The predicted octanol–water partition coefficient (Wildman–Crippen LogP) is 6.65. The van der Waals surface area contributed by atoms with Gasteiger partial charge in [-0.05, 0) is 54.2 Å². The Kier molecular flexibility index (Phi) is 4.64. The van der Waals surface area contributed by atoms with Crippen molar-refractivity contribution >= 4 is 43.8 Å². The van der Waals surface area contributed by atoms with Gasteiger partial charge in [-0.15, -0.1) is 0 Å². The quantitative estimate of drug-likeness (QED) is 0.416. The highest BCUT2D eigenvalue weighted by Crippen LogP contribution is 2.31. The Bertz CT molecular complexity index is 1050. The fourth-order valence-corrected chi connectivity index (χ4v) is 3.93. The van der Waals surface area contributed by atoms with E-state index in [0.717, 1.165) is 28.2 Å². The highest BCUT2D eigenvalue weighted by atomic mass is 32.1. The van der Waals surface area contributed by atoms with Crippen LogP contribution in [0.1, 0.15) is 50.7 Å². The molecule has 4 aromatic rings. The number of rotatable bonds is 6. The van der Waals surface area contributed by atoms with Gasteiger partial charge in [-0.1, -0.05) is 50.7 Å². The zero-order valence-corrected chi connectivity index (χ0v) is 16.2. The van der Waals surface area contributed by atoms with Gasteiger partial charge in [0.05, 0.1) is 10.2 Å². The molecule has 0 aliphatic heterocycles. The summed E-state index contributed by atoms with van der Waals surface area (Å²) in [4.78, 5) is 9.22. The van der Waals surface area contributed by atoms with Crippen LogP contribution in [0.15, 0.2) is 40.8 Å². The number of benzene rings is 2. The second kappa shape index (κ2) is 7.08. The van der Waals surface area contributed by atoms with Crippen LogP contribution in [0, 0.1) is 0 Å². The minimum Gasteiger partial charge on any atom is -0.423 e. The van der Waals surface area contributed by atoms with Crippen molar-refractivity contribution < 1.29 is 4.42 Å². The van der Waals surface area contributed by atoms with Crippen molar-refractivity contribution in [1.82, 2.24) is 9.97 Å². The fraction of sp³-hybridized carbons (Fsp3) is 0.333. The molecule has 0 spiro atoms. The maximum absolute atomic E-state index is 5.82. The Morgan fingerprint density at radius 3 is 2.77 bits per heavy atom. The van der Waals surface area contributed by atoms with Gasteiger partial charge in [0.25, 0.3) is 0 Å². The van der Waals surface area contributed by atoms with E-state index in [1.54, 1.807) is 11.3 Å². The molecule has 0 atom stereocenters. The van der Waals surface area contributed by atoms with E-state index < -0.39 is 0 Å². The molecule has 134 valence electrons. The summed E-state index contributed by atoms with van der Waals surface area (Å²) in [6.07, 6.45) is 3.55. The first-order chi connectivity index (χ1) is 12.6. The summed E-state index contributed by atoms with van der Waals surface area (Å²) < 4.78 is 7.02. The van der Waals surface area contributed by atoms with E-state index in [4.69, 9.17) is 4.42 Å². The lowest BCUT2D eigenvalue weighted by Gasteiger charge is -2.02. The largest absolute Gasteiger partial charge is 0.423 e. The van der Waals surface area contributed by atoms with Crippen LogP contribution in [0.5, 0.6) is 0 Å². The number of aryl methyl sites for hydroxylation is 1. The summed E-state index contributed by atoms with van der Waals surface area (Å²) >= 11 is 1.64. The number of nitrogens with zero attached hydrogens (tertiary/aromatic N) is 2. The number of thiazole rings is 1. The van der Waals surface area contributed by atoms with Gasteiger partial charge in [0.2, 0.25) is 0 Å². The van der Waals surface area contributed by atoms with Crippen LogP contribution in [-0.2, 0) is 6.42 Å². The van der Waals surface area contributed by atoms with Crippen LogP contribution in [0.4, 0.5) is 11.1 Å². The predicted molar refractivity (Wildman–Crippen MR) is 110 cm³/mol. The number of anilines is 2. The lowest BCUT2D eigenvalue weighted by molar-refractivity contribution is 0.623. The smallest absolute Gasteiger partial charge is 0.302 e. The second-order valence-electron chi connectivity index (χ2n) is 6.95. The van der Waals surface area contributed by atoms with Crippen molar-refractivity contribution in [2.75, 3.05) is 5.32 Å². The number of oxazole rings is 1. The molecule has 0 aliphatic rings. The van der Waals surface area contributed by atoms with Crippen molar-refractivity contribution in [3.05, 3.63) is 47.5 Å². The zero-order valence-electron chi connectivity index (χ0n) is 15.4. The van der Waals surface area contributed by atoms with Gasteiger partial charge in [0, 0.05) is 0 Å². The third kappa shape index (κ3) is 3.44. The second-order valence-corrected chi connectivity index (χ2v) is 7.98. The number of hydrogen-bond donors (Lipinski definition) is 1. The summed E-state index contributed by atoms with van der Waals surface area (Å²) in [5, 5.41) is 4.03. The molecule has 1 N–H and O–H groups in total. The van der Waals surface area contributed by atoms with Gasteiger partial charge < -0.3 is 4.42 Å². The first-order valence-corrected chi connectivity index (χ1v) is 10.0. The molecule has 0 saturated heterocycles. The van der Waals surface area contributed by atoms with Gasteiger partial charge in [0.15, 0.2) is 10.7 Å². The van der Waals surface area contributed by atoms with Crippen LogP contribution in [0.2, 0.25) is 0 Å². The lowest BCUT2D eigenvalue weighted by atomic mass is 10.0. The molecule has 2 aromatic carbocycles. The average molecular weight is 366 g/mol. The average Bonchev–Trinajstić information content (AvgIpc) is 3.21. The summed E-state index contributed by atoms with van der Waals surface area (Å²) in [7, 11) is 0. The Morgan fingerprint density at radius 1 is 1.08 bits per heavy atom. The van der Waals surface area contributed by atoms with Gasteiger partial charge in [-0.2, -0.15) is 4.98 Å². The van der Waals surface area contributed by atoms with Crippen molar-refractivity contribution in [1.29, 1.82) is 0 Å². The molecular weight excluding hydrogens is 342 g/mol. The van der Waals surface area contributed by atoms with Crippen LogP contribution < -0.4 is 5.32 Å². The first kappa shape index (κ1) is 17.0. The summed E-state index contributed by atoms with van der Waals surface area (Å²) in [6, 6.07) is 13.2. The van der Waals surface area contributed by atoms with E-state index in [1.165, 1.54) is 28.7 Å². The molecule has 5 heteroatoms. The van der Waals surface area contributed by atoms with Crippen molar-refractivity contribution in [2.24, 2.45) is 0 Å². The van der Waals surface area contributed by atoms with E-state index in [9.17, 15) is 0 Å². The molecule has 4 rings (SSSR count). The lowest BCUT2D eigenvalue weighted by Crippen LogP contribution is -1.88. The standard InChI is InChI=1S/C21H23N3OS/c1-4-5-6-14-7-9-16-19(11-14)26-21(23-16)24-20-22-17-12-15(13(2)3)8-10-18(17)25-20/h7-13H,4-6H2,1-3H3,(H,22,23,24). The summed E-state index contributed by atoms with van der Waals surface area (Å²) in [5.41, 5.74) is 5.31. The molecule has 4 nitrogen and oxygen atoms in total. The molecule has 0 bridgehead atoms. The van der Waals surface area contributed by atoms with E-state index >= 15 is 0 Å². The highest BCUT2D eigenvalue weighted by molar-refractivity contribution is 7.22. The molecule has 2 aromatic heterocycles. The van der Waals surface area contributed by atoms with Crippen molar-refractivity contribution in [2.45, 2.75) is 46.0 Å². The van der Waals surface area contributed by atoms with Gasteiger partial charge in [-0.3, -0.25) is 5.32 Å². The maximum Gasteiger partial charge on any atom is 0.302 e. The van der Waals surface area contributed by atoms with Crippen LogP contribution >= 0.6 is 11.3 Å². The molecule has 0 radical (unpaired) electrons. The number of nitrogens with one attached hydrogen (secondary N) is 1. The molecule has 26 heavy (non-hydrogen) atoms. The van der Waals surface area contributed by atoms with Crippen molar-refractivity contribution in [3.63, 3.8) is 0 Å². The van der Waals surface area contributed by atoms with E-state index in [1.807, 2.05) is 6.07 Å². The monoisotopic (exact) mass is 365 g/mol. The topological polar surface area (TPSA) is 51.0 Å². The molecule has 0 aliphatic carbocycles. The number of aromatic nitrogens is 2. The van der Waals surface area contributed by atoms with Crippen LogP contribution in [0.3, 0.4) is 0 Å². The Morgan fingerprint density at radius 2 is 1.96 bits per heavy atom. The minimum atomic E-state index is 0.471. The van der Waals surface area contributed by atoms with E-state index in [-0.39, 0.29) is 0 Å². The highest BCUT2D eigenvalue weighted by Gasteiger charge is 2.11. The van der Waals surface area contributed by atoms with Gasteiger partial charge in [-0.25, -0.2) is 4.98 Å². The van der Waals surface area contributed by atoms with E-state index in [2.05, 4.69) is 66.4 Å². The molecule has 0 unspecified atom stereocenters. The SMILES string of the molecule is CCCCc1ccc2nc(Nc3nc4cc(C(C)C)ccc4o3)sc2c1. The third-order valence-electron chi connectivity index (χ3n) is 4.56. The molecule has 0 fully saturated rings. The van der Waals surface area contributed by atoms with Gasteiger partial charge in [0.1, 0.15) is 5.52 Å². The number of unbranched alkanes of at least 4 members (excludes halogenated alkanes) is 1. The molecule has 0 amide bonds. The summed E-state index contributed by atoms with van der Waals surface area (Å²) in [6.45, 7) is 6.57. The first-order valence-electron chi connectivity index (χ1n) is 9.19. The fourth-order valence-electron chi connectivity index (χ4n) is 3.01. The van der Waals surface area contributed by atoms with E-state index in [0.29, 0.717) is 11.9 Å². The molecule has 2 heterocycles. The Labute approximate surface area is 157 Å². The maximum atomic E-state index is 5.82. The number of fused-ring (bicyclic) bond motifs is 2. The Hall–Kier alpha value is -2.40. The molecular formula is C21H23N3OS.